The smallest absolute Gasteiger partial charge is 0.0483 e. The molecule has 0 saturated heterocycles. The lowest BCUT2D eigenvalue weighted by atomic mass is 10.1. The van der Waals surface area contributed by atoms with E-state index in [9.17, 15) is 0 Å². The summed E-state index contributed by atoms with van der Waals surface area (Å²) >= 11 is 0. The Balaban J connectivity index is 2.16. The summed E-state index contributed by atoms with van der Waals surface area (Å²) in [6, 6.07) is 0. The molecule has 0 aromatic rings. The monoisotopic (exact) mass is 185 g/mol. The maximum absolute atomic E-state index is 4.65. The van der Waals surface area contributed by atoms with Crippen LogP contribution in [0.1, 0.15) is 26.7 Å². The van der Waals surface area contributed by atoms with Gasteiger partial charge in [-0.15, -0.1) is 0 Å². The van der Waals surface area contributed by atoms with Gasteiger partial charge >= 0.3 is 0 Å². The van der Waals surface area contributed by atoms with E-state index in [0.29, 0.717) is 0 Å². The molecule has 0 aromatic heterocycles. The molecule has 2 rings (SSSR count). The summed E-state index contributed by atoms with van der Waals surface area (Å²) < 4.78 is 0. The van der Waals surface area contributed by atoms with Gasteiger partial charge in [-0.3, -0.25) is 4.99 Å². The quantitative estimate of drug-likeness (QED) is 0.583. The Morgan fingerprint density at radius 3 is 2.93 bits per heavy atom. The van der Waals surface area contributed by atoms with Gasteiger partial charge in [-0.2, -0.15) is 0 Å². The van der Waals surface area contributed by atoms with Crippen LogP contribution in [0.25, 0.3) is 0 Å². The fraction of sp³-hybridized carbons (Fsp3) is 0.308. The third-order valence-corrected chi connectivity index (χ3v) is 2.69. The first kappa shape index (κ1) is 9.20. The molecule has 0 aromatic carbocycles. The molecular formula is C13H15N. The summed E-state index contributed by atoms with van der Waals surface area (Å²) in [5, 5.41) is 0. The van der Waals surface area contributed by atoms with Gasteiger partial charge in [-0.05, 0) is 25.0 Å². The molecule has 0 bridgehead atoms. The van der Waals surface area contributed by atoms with Crippen LogP contribution >= 0.6 is 0 Å². The minimum absolute atomic E-state index is 1.00. The third-order valence-electron chi connectivity index (χ3n) is 2.69. The first-order valence-electron chi connectivity index (χ1n) is 4.97. The van der Waals surface area contributed by atoms with Crippen molar-refractivity contribution in [1.82, 2.24) is 0 Å². The van der Waals surface area contributed by atoms with E-state index in [4.69, 9.17) is 0 Å². The van der Waals surface area contributed by atoms with E-state index in [1.807, 2.05) is 12.2 Å². The van der Waals surface area contributed by atoms with Crippen LogP contribution in [0.15, 0.2) is 52.2 Å². The second kappa shape index (κ2) is 3.41. The van der Waals surface area contributed by atoms with Crippen molar-refractivity contribution in [2.75, 3.05) is 0 Å². The molecule has 1 heterocycles. The predicted molar refractivity (Wildman–Crippen MR) is 61.4 cm³/mol. The fourth-order valence-electron chi connectivity index (χ4n) is 1.96. The first-order chi connectivity index (χ1) is 6.70. The van der Waals surface area contributed by atoms with Gasteiger partial charge in [-0.25, -0.2) is 0 Å². The van der Waals surface area contributed by atoms with Crippen molar-refractivity contribution in [2.45, 2.75) is 26.7 Å². The minimum Gasteiger partial charge on any atom is -0.257 e. The highest BCUT2D eigenvalue weighted by molar-refractivity contribution is 6.04. The van der Waals surface area contributed by atoms with Gasteiger partial charge in [0.15, 0.2) is 0 Å². The van der Waals surface area contributed by atoms with Crippen molar-refractivity contribution in [2.24, 2.45) is 4.99 Å². The van der Waals surface area contributed by atoms with Crippen molar-refractivity contribution >= 4 is 5.71 Å². The van der Waals surface area contributed by atoms with E-state index in [1.54, 1.807) is 0 Å². The summed E-state index contributed by atoms with van der Waals surface area (Å²) in [7, 11) is 0. The Hall–Kier alpha value is -1.37. The number of nitrogens with zero attached hydrogens (tertiary/aromatic N) is 1. The summed E-state index contributed by atoms with van der Waals surface area (Å²) in [5.41, 5.74) is 6.56. The van der Waals surface area contributed by atoms with Crippen LogP contribution in [0.3, 0.4) is 0 Å². The molecule has 0 fully saturated rings. The van der Waals surface area contributed by atoms with Crippen molar-refractivity contribution < 1.29 is 0 Å². The molecule has 1 nitrogen and oxygen atoms in total. The van der Waals surface area contributed by atoms with E-state index < -0.39 is 0 Å². The van der Waals surface area contributed by atoms with Crippen molar-refractivity contribution in [3.63, 3.8) is 0 Å². The first-order valence-corrected chi connectivity index (χ1v) is 4.97. The number of allylic oxidation sites excluding steroid dienone is 6. The number of aliphatic imine (C=N–C) groups is 1. The molecule has 0 atom stereocenters. The van der Waals surface area contributed by atoms with Crippen LogP contribution in [0, 0.1) is 0 Å². The molecule has 1 aliphatic heterocycles. The summed E-state index contributed by atoms with van der Waals surface area (Å²) in [6.45, 7) is 7.96. The fourth-order valence-corrected chi connectivity index (χ4v) is 1.96. The zero-order valence-electron chi connectivity index (χ0n) is 8.80. The minimum atomic E-state index is 1.00. The normalized spacial score (nSPS) is 20.9. The second-order valence-electron chi connectivity index (χ2n) is 3.96. The molecule has 0 N–H and O–H groups in total. The van der Waals surface area contributed by atoms with Gasteiger partial charge in [0.1, 0.15) is 0 Å². The van der Waals surface area contributed by atoms with Gasteiger partial charge in [-0.1, -0.05) is 30.4 Å². The highest BCUT2D eigenvalue weighted by Crippen LogP contribution is 2.34. The predicted octanol–water partition coefficient (Wildman–Crippen LogP) is 3.57. The average Bonchev–Trinajstić information content (AvgIpc) is 2.61. The van der Waals surface area contributed by atoms with Gasteiger partial charge in [0.05, 0.1) is 0 Å². The average molecular weight is 185 g/mol. The van der Waals surface area contributed by atoms with Crippen molar-refractivity contribution in [3.05, 3.63) is 47.2 Å². The molecule has 0 radical (unpaired) electrons. The number of hydrogen-bond acceptors (Lipinski definition) is 1. The van der Waals surface area contributed by atoms with E-state index in [2.05, 4.69) is 31.5 Å². The van der Waals surface area contributed by atoms with Gasteiger partial charge < -0.3 is 0 Å². The zero-order chi connectivity index (χ0) is 10.1. The Morgan fingerprint density at radius 2 is 2.29 bits per heavy atom. The maximum atomic E-state index is 4.65. The summed E-state index contributed by atoms with van der Waals surface area (Å²) in [6.07, 6.45) is 8.16. The van der Waals surface area contributed by atoms with Gasteiger partial charge in [0, 0.05) is 24.3 Å². The Bertz CT molecular complexity index is 403. The molecule has 0 spiro atoms. The molecule has 0 amide bonds. The second-order valence-corrected chi connectivity index (χ2v) is 3.96. The highest BCUT2D eigenvalue weighted by Gasteiger charge is 2.21. The SMILES string of the molecule is C=C/C=C(/C)C1=NC2=C(C=C(C)C2)C1. The molecule has 2 aliphatic rings. The molecule has 0 saturated carbocycles. The van der Waals surface area contributed by atoms with Crippen LogP contribution in [0.4, 0.5) is 0 Å². The van der Waals surface area contributed by atoms with Crippen LogP contribution in [-0.4, -0.2) is 5.71 Å². The number of hydrogen-bond donors (Lipinski definition) is 0. The zero-order valence-corrected chi connectivity index (χ0v) is 8.80. The molecule has 14 heavy (non-hydrogen) atoms. The van der Waals surface area contributed by atoms with Crippen LogP contribution in [0.2, 0.25) is 0 Å². The molecule has 1 heteroatoms. The molecular weight excluding hydrogens is 170 g/mol. The highest BCUT2D eigenvalue weighted by atomic mass is 14.8. The lowest BCUT2D eigenvalue weighted by Crippen LogP contribution is -1.96. The number of rotatable bonds is 2. The van der Waals surface area contributed by atoms with Crippen LogP contribution < -0.4 is 0 Å². The Labute approximate surface area is 85.2 Å². The standard InChI is InChI=1S/C13H15N/c1-4-5-10(3)12-8-11-6-9(2)7-13(11)14-12/h4-6H,1,7-8H2,2-3H3/b10-5-. The summed E-state index contributed by atoms with van der Waals surface area (Å²) in [5.74, 6) is 0. The van der Waals surface area contributed by atoms with E-state index >= 15 is 0 Å². The Kier molecular flexibility index (Phi) is 2.24. The van der Waals surface area contributed by atoms with E-state index in [1.165, 1.54) is 28.1 Å². The van der Waals surface area contributed by atoms with E-state index in [0.717, 1.165) is 12.8 Å². The van der Waals surface area contributed by atoms with Crippen molar-refractivity contribution in [1.29, 1.82) is 0 Å². The van der Waals surface area contributed by atoms with Gasteiger partial charge in [0.2, 0.25) is 0 Å². The summed E-state index contributed by atoms with van der Waals surface area (Å²) in [4.78, 5) is 4.65. The molecule has 72 valence electrons. The Morgan fingerprint density at radius 1 is 1.50 bits per heavy atom. The molecule has 1 aliphatic carbocycles. The van der Waals surface area contributed by atoms with Crippen LogP contribution in [0.5, 0.6) is 0 Å². The topological polar surface area (TPSA) is 12.4 Å². The largest absolute Gasteiger partial charge is 0.257 e. The van der Waals surface area contributed by atoms with Gasteiger partial charge in [0.25, 0.3) is 0 Å². The lowest BCUT2D eigenvalue weighted by molar-refractivity contribution is 1.12. The van der Waals surface area contributed by atoms with Crippen molar-refractivity contribution in [3.8, 4) is 0 Å². The third kappa shape index (κ3) is 1.50. The molecule has 0 unspecified atom stereocenters. The van der Waals surface area contributed by atoms with E-state index in [-0.39, 0.29) is 0 Å². The lowest BCUT2D eigenvalue weighted by Gasteiger charge is -2.00. The maximum Gasteiger partial charge on any atom is 0.0483 e. The van der Waals surface area contributed by atoms with Crippen LogP contribution in [-0.2, 0) is 0 Å².